The van der Waals surface area contributed by atoms with Gasteiger partial charge in [-0.3, -0.25) is 19.6 Å². The summed E-state index contributed by atoms with van der Waals surface area (Å²) in [6.45, 7) is 9.78. The topological polar surface area (TPSA) is 56.7 Å². The van der Waals surface area contributed by atoms with Crippen molar-refractivity contribution in [1.82, 2.24) is 14.8 Å². The average Bonchev–Trinajstić information content (AvgIpc) is 2.42. The van der Waals surface area contributed by atoms with Crippen LogP contribution in [0.3, 0.4) is 0 Å². The number of carboxylic acid groups (broad SMARTS) is 1. The van der Waals surface area contributed by atoms with Crippen molar-refractivity contribution in [2.75, 3.05) is 26.2 Å². The molecule has 1 N–H and O–H groups in total. The van der Waals surface area contributed by atoms with E-state index in [-0.39, 0.29) is 0 Å². The number of aliphatic carboxylic acids is 1. The van der Waals surface area contributed by atoms with E-state index >= 15 is 0 Å². The van der Waals surface area contributed by atoms with Gasteiger partial charge in [0.1, 0.15) is 5.54 Å². The van der Waals surface area contributed by atoms with Gasteiger partial charge < -0.3 is 5.11 Å². The van der Waals surface area contributed by atoms with Crippen LogP contribution < -0.4 is 0 Å². The third kappa shape index (κ3) is 3.35. The summed E-state index contributed by atoms with van der Waals surface area (Å²) in [5.41, 5.74) is 1.46. The summed E-state index contributed by atoms with van der Waals surface area (Å²) in [4.78, 5) is 20.0. The van der Waals surface area contributed by atoms with Crippen LogP contribution in [0, 0.1) is 6.92 Å². The summed E-state index contributed by atoms with van der Waals surface area (Å²) in [6.07, 6.45) is 1.92. The molecule has 1 aliphatic rings. The van der Waals surface area contributed by atoms with Crippen LogP contribution in [0.2, 0.25) is 0 Å². The third-order valence-electron chi connectivity index (χ3n) is 4.07. The zero-order valence-electron chi connectivity index (χ0n) is 12.5. The van der Waals surface area contributed by atoms with Crippen molar-refractivity contribution in [2.24, 2.45) is 0 Å². The van der Waals surface area contributed by atoms with Gasteiger partial charge in [-0.1, -0.05) is 6.07 Å². The Kier molecular flexibility index (Phi) is 4.40. The molecule has 0 spiro atoms. The first kappa shape index (κ1) is 14.9. The molecular formula is C15H23N3O2. The van der Waals surface area contributed by atoms with Crippen molar-refractivity contribution < 1.29 is 9.90 Å². The van der Waals surface area contributed by atoms with E-state index in [4.69, 9.17) is 0 Å². The van der Waals surface area contributed by atoms with Crippen molar-refractivity contribution in [3.63, 3.8) is 0 Å². The predicted octanol–water partition coefficient (Wildman–Crippen LogP) is 1.37. The van der Waals surface area contributed by atoms with Gasteiger partial charge in [0.15, 0.2) is 0 Å². The number of piperazine rings is 1. The lowest BCUT2D eigenvalue weighted by molar-refractivity contribution is -0.150. The first-order valence-electron chi connectivity index (χ1n) is 7.02. The second-order valence-electron chi connectivity index (χ2n) is 5.94. The van der Waals surface area contributed by atoms with E-state index < -0.39 is 11.5 Å². The van der Waals surface area contributed by atoms with Crippen LogP contribution in [0.5, 0.6) is 0 Å². The van der Waals surface area contributed by atoms with E-state index in [1.165, 1.54) is 5.56 Å². The standard InChI is InChI=1S/C15H23N3O2/c1-12-4-5-13(10-16-12)11-17-6-8-18(9-7-17)15(2,3)14(19)20/h4-5,10H,6-9,11H2,1-3H3,(H,19,20). The summed E-state index contributed by atoms with van der Waals surface area (Å²) in [7, 11) is 0. The van der Waals surface area contributed by atoms with Crippen LogP contribution in [0.25, 0.3) is 0 Å². The van der Waals surface area contributed by atoms with Crippen molar-refractivity contribution in [1.29, 1.82) is 0 Å². The Balaban J connectivity index is 1.88. The lowest BCUT2D eigenvalue weighted by Gasteiger charge is -2.41. The molecular weight excluding hydrogens is 254 g/mol. The Morgan fingerprint density at radius 2 is 1.95 bits per heavy atom. The molecule has 1 aromatic heterocycles. The maximum Gasteiger partial charge on any atom is 0.323 e. The molecule has 0 unspecified atom stereocenters. The summed E-state index contributed by atoms with van der Waals surface area (Å²) < 4.78 is 0. The van der Waals surface area contributed by atoms with Crippen LogP contribution in [0.4, 0.5) is 0 Å². The molecule has 0 bridgehead atoms. The van der Waals surface area contributed by atoms with Gasteiger partial charge in [0.05, 0.1) is 0 Å². The molecule has 1 aliphatic heterocycles. The van der Waals surface area contributed by atoms with Crippen LogP contribution in [-0.2, 0) is 11.3 Å². The Labute approximate surface area is 120 Å². The van der Waals surface area contributed by atoms with E-state index in [2.05, 4.69) is 16.0 Å². The molecule has 0 amide bonds. The fraction of sp³-hybridized carbons (Fsp3) is 0.600. The van der Waals surface area contributed by atoms with Gasteiger partial charge in [0, 0.05) is 44.6 Å². The number of aryl methyl sites for hydroxylation is 1. The molecule has 1 saturated heterocycles. The van der Waals surface area contributed by atoms with Crippen LogP contribution in [0.15, 0.2) is 18.3 Å². The van der Waals surface area contributed by atoms with Gasteiger partial charge in [0.2, 0.25) is 0 Å². The first-order valence-corrected chi connectivity index (χ1v) is 7.02. The zero-order valence-corrected chi connectivity index (χ0v) is 12.5. The van der Waals surface area contributed by atoms with E-state index in [1.807, 2.05) is 24.1 Å². The monoisotopic (exact) mass is 277 g/mol. The number of hydrogen-bond acceptors (Lipinski definition) is 4. The number of nitrogens with zero attached hydrogens (tertiary/aromatic N) is 3. The molecule has 0 aromatic carbocycles. The number of hydrogen-bond donors (Lipinski definition) is 1. The normalized spacial score (nSPS) is 18.1. The second kappa shape index (κ2) is 5.89. The highest BCUT2D eigenvalue weighted by Gasteiger charge is 2.36. The summed E-state index contributed by atoms with van der Waals surface area (Å²) in [6, 6.07) is 4.13. The van der Waals surface area contributed by atoms with Crippen molar-refractivity contribution in [3.05, 3.63) is 29.6 Å². The van der Waals surface area contributed by atoms with Gasteiger partial charge in [-0.2, -0.15) is 0 Å². The van der Waals surface area contributed by atoms with E-state index in [0.717, 1.165) is 38.4 Å². The van der Waals surface area contributed by atoms with Gasteiger partial charge in [0.25, 0.3) is 0 Å². The Morgan fingerprint density at radius 3 is 2.45 bits per heavy atom. The van der Waals surface area contributed by atoms with Crippen LogP contribution in [0.1, 0.15) is 25.1 Å². The number of pyridine rings is 1. The fourth-order valence-corrected chi connectivity index (χ4v) is 2.45. The largest absolute Gasteiger partial charge is 0.480 e. The lowest BCUT2D eigenvalue weighted by Crippen LogP contribution is -2.57. The fourth-order valence-electron chi connectivity index (χ4n) is 2.45. The van der Waals surface area contributed by atoms with E-state index in [9.17, 15) is 9.90 Å². The molecule has 1 fully saturated rings. The van der Waals surface area contributed by atoms with Gasteiger partial charge in [-0.15, -0.1) is 0 Å². The smallest absolute Gasteiger partial charge is 0.323 e. The molecule has 1 aromatic rings. The van der Waals surface area contributed by atoms with E-state index in [0.29, 0.717) is 0 Å². The molecule has 2 rings (SSSR count). The summed E-state index contributed by atoms with van der Waals surface area (Å²) in [5, 5.41) is 9.26. The van der Waals surface area contributed by atoms with Gasteiger partial charge in [-0.05, 0) is 32.4 Å². The number of carbonyl (C=O) groups is 1. The molecule has 0 atom stereocenters. The predicted molar refractivity (Wildman–Crippen MR) is 77.5 cm³/mol. The number of carboxylic acids is 1. The van der Waals surface area contributed by atoms with Crippen molar-refractivity contribution >= 4 is 5.97 Å². The van der Waals surface area contributed by atoms with Crippen molar-refractivity contribution in [2.45, 2.75) is 32.9 Å². The maximum atomic E-state index is 11.3. The SMILES string of the molecule is Cc1ccc(CN2CCN(C(C)(C)C(=O)O)CC2)cn1. The minimum Gasteiger partial charge on any atom is -0.480 e. The highest BCUT2D eigenvalue weighted by Crippen LogP contribution is 2.18. The minimum absolute atomic E-state index is 0.756. The molecule has 5 nitrogen and oxygen atoms in total. The summed E-state index contributed by atoms with van der Waals surface area (Å²) in [5.74, 6) is -0.756. The lowest BCUT2D eigenvalue weighted by atomic mass is 10.0. The Bertz CT molecular complexity index is 463. The highest BCUT2D eigenvalue weighted by molar-refractivity contribution is 5.77. The molecule has 0 aliphatic carbocycles. The van der Waals surface area contributed by atoms with Gasteiger partial charge in [-0.25, -0.2) is 0 Å². The maximum absolute atomic E-state index is 11.3. The second-order valence-corrected chi connectivity index (χ2v) is 5.94. The van der Waals surface area contributed by atoms with Crippen molar-refractivity contribution in [3.8, 4) is 0 Å². The van der Waals surface area contributed by atoms with Gasteiger partial charge >= 0.3 is 5.97 Å². The molecule has 2 heterocycles. The molecule has 0 radical (unpaired) electrons. The van der Waals surface area contributed by atoms with Crippen LogP contribution in [-0.4, -0.2) is 57.6 Å². The minimum atomic E-state index is -0.780. The quantitative estimate of drug-likeness (QED) is 0.901. The highest BCUT2D eigenvalue weighted by atomic mass is 16.4. The van der Waals surface area contributed by atoms with E-state index in [1.54, 1.807) is 13.8 Å². The zero-order chi connectivity index (χ0) is 14.8. The third-order valence-corrected chi connectivity index (χ3v) is 4.07. The molecule has 20 heavy (non-hydrogen) atoms. The summed E-state index contributed by atoms with van der Waals surface area (Å²) >= 11 is 0. The first-order chi connectivity index (χ1) is 9.39. The molecule has 110 valence electrons. The number of rotatable bonds is 4. The number of aromatic nitrogens is 1. The Hall–Kier alpha value is -1.46. The van der Waals surface area contributed by atoms with Crippen LogP contribution >= 0.6 is 0 Å². The Morgan fingerprint density at radius 1 is 1.30 bits per heavy atom. The average molecular weight is 277 g/mol. The molecule has 5 heteroatoms. The molecule has 0 saturated carbocycles.